The van der Waals surface area contributed by atoms with E-state index in [1.807, 2.05) is 0 Å². The molecule has 0 bridgehead atoms. The summed E-state index contributed by atoms with van der Waals surface area (Å²) >= 11 is 0. The van der Waals surface area contributed by atoms with Gasteiger partial charge in [-0.05, 0) is 132 Å². The summed E-state index contributed by atoms with van der Waals surface area (Å²) in [4.78, 5) is 2.37. The van der Waals surface area contributed by atoms with Crippen molar-refractivity contribution in [3.8, 4) is 33.4 Å². The van der Waals surface area contributed by atoms with Crippen LogP contribution in [0.3, 0.4) is 0 Å². The van der Waals surface area contributed by atoms with Crippen LogP contribution in [-0.2, 0) is 0 Å². The van der Waals surface area contributed by atoms with Gasteiger partial charge in [0, 0.05) is 22.1 Å². The molecule has 11 aromatic carbocycles. The van der Waals surface area contributed by atoms with Crippen LogP contribution in [0.15, 0.2) is 229 Å². The SMILES string of the molecule is c1cc(-c2ccc(N(c3ccc(-c4ccc5c(ccc6ccccc65)c4)cc3)c3cccc4oc5c6ccccc6ccc5c34)cc2)cc(-c2ccc3ccccc3c2)c1. The summed E-state index contributed by atoms with van der Waals surface area (Å²) < 4.78 is 6.69. The fourth-order valence-electron chi connectivity index (χ4n) is 9.19. The summed E-state index contributed by atoms with van der Waals surface area (Å²) in [5.41, 5.74) is 12.1. The zero-order valence-corrected chi connectivity index (χ0v) is 32.7. The van der Waals surface area contributed by atoms with Crippen LogP contribution in [0.25, 0.3) is 98.4 Å². The minimum atomic E-state index is 0.867. The number of rotatable bonds is 6. The fourth-order valence-corrected chi connectivity index (χ4v) is 9.19. The van der Waals surface area contributed by atoms with E-state index in [0.29, 0.717) is 0 Å². The van der Waals surface area contributed by atoms with E-state index in [4.69, 9.17) is 4.42 Å². The number of nitrogens with zero attached hydrogens (tertiary/aromatic N) is 1. The van der Waals surface area contributed by atoms with Crippen LogP contribution in [-0.4, -0.2) is 0 Å². The van der Waals surface area contributed by atoms with Gasteiger partial charge in [0.25, 0.3) is 0 Å². The van der Waals surface area contributed by atoms with Crippen molar-refractivity contribution in [2.24, 2.45) is 0 Å². The molecule has 12 aromatic rings. The molecule has 0 spiro atoms. The third kappa shape index (κ3) is 5.73. The molecule has 2 nitrogen and oxygen atoms in total. The van der Waals surface area contributed by atoms with Gasteiger partial charge in [-0.1, -0.05) is 164 Å². The molecule has 280 valence electrons. The molecule has 0 saturated heterocycles. The highest BCUT2D eigenvalue weighted by Crippen LogP contribution is 2.45. The normalized spacial score (nSPS) is 11.7. The van der Waals surface area contributed by atoms with Crippen LogP contribution in [0.5, 0.6) is 0 Å². The summed E-state index contributed by atoms with van der Waals surface area (Å²) in [6.45, 7) is 0. The molecule has 2 heteroatoms. The molecule has 0 aliphatic carbocycles. The minimum absolute atomic E-state index is 0.867. The highest BCUT2D eigenvalue weighted by Gasteiger charge is 2.21. The van der Waals surface area contributed by atoms with Crippen molar-refractivity contribution in [2.45, 2.75) is 0 Å². The molecule has 0 saturated carbocycles. The van der Waals surface area contributed by atoms with Crippen molar-refractivity contribution in [1.29, 1.82) is 0 Å². The van der Waals surface area contributed by atoms with Crippen molar-refractivity contribution in [2.75, 3.05) is 4.90 Å². The summed E-state index contributed by atoms with van der Waals surface area (Å²) in [7, 11) is 0. The molecule has 0 amide bonds. The summed E-state index contributed by atoms with van der Waals surface area (Å²) in [6, 6.07) is 81.3. The van der Waals surface area contributed by atoms with Crippen molar-refractivity contribution in [3.63, 3.8) is 0 Å². The fraction of sp³-hybridized carbons (Fsp3) is 0. The van der Waals surface area contributed by atoms with Gasteiger partial charge in [0.1, 0.15) is 11.2 Å². The first-order valence-corrected chi connectivity index (χ1v) is 20.6. The standard InChI is InChI=1S/C58H37NO/c1-2-12-43-36-47(21-19-38(43)9-1)45-14-7-13-44(35-45)39-23-29-49(30-24-39)59(55-17-8-18-56-57(55)54-34-27-42-11-4-6-16-53(42)58(54)60-56)50-31-25-40(26-32-50)46-28-33-52-48(37-46)22-20-41-10-3-5-15-51(41)52/h1-37H. The Kier molecular flexibility index (Phi) is 7.89. The van der Waals surface area contributed by atoms with E-state index in [1.54, 1.807) is 0 Å². The van der Waals surface area contributed by atoms with Gasteiger partial charge in [0.05, 0.1) is 11.1 Å². The van der Waals surface area contributed by atoms with E-state index in [9.17, 15) is 0 Å². The van der Waals surface area contributed by atoms with Gasteiger partial charge < -0.3 is 9.32 Å². The quantitative estimate of drug-likeness (QED) is 0.157. The van der Waals surface area contributed by atoms with E-state index in [2.05, 4.69) is 229 Å². The van der Waals surface area contributed by atoms with E-state index in [-0.39, 0.29) is 0 Å². The first kappa shape index (κ1) is 34.1. The third-order valence-electron chi connectivity index (χ3n) is 12.2. The van der Waals surface area contributed by atoms with Gasteiger partial charge in [-0.25, -0.2) is 0 Å². The number of hydrogen-bond donors (Lipinski definition) is 0. The highest BCUT2D eigenvalue weighted by atomic mass is 16.3. The monoisotopic (exact) mass is 763 g/mol. The number of furan rings is 1. The van der Waals surface area contributed by atoms with Crippen molar-refractivity contribution < 1.29 is 4.42 Å². The van der Waals surface area contributed by atoms with Crippen LogP contribution >= 0.6 is 0 Å². The third-order valence-corrected chi connectivity index (χ3v) is 12.2. The predicted molar refractivity (Wildman–Crippen MR) is 255 cm³/mol. The van der Waals surface area contributed by atoms with Crippen LogP contribution in [0.4, 0.5) is 17.1 Å². The Labute approximate surface area is 347 Å². The average molecular weight is 764 g/mol. The number of fused-ring (bicyclic) bond motifs is 9. The molecule has 0 aliphatic rings. The molecule has 0 aliphatic heterocycles. The van der Waals surface area contributed by atoms with E-state index < -0.39 is 0 Å². The van der Waals surface area contributed by atoms with Gasteiger partial charge in [-0.2, -0.15) is 0 Å². The largest absolute Gasteiger partial charge is 0.455 e. The molecule has 0 atom stereocenters. The zero-order valence-electron chi connectivity index (χ0n) is 32.7. The smallest absolute Gasteiger partial charge is 0.143 e. The number of benzene rings is 11. The van der Waals surface area contributed by atoms with E-state index in [0.717, 1.165) is 44.4 Å². The van der Waals surface area contributed by atoms with Crippen LogP contribution in [0.2, 0.25) is 0 Å². The summed E-state index contributed by atoms with van der Waals surface area (Å²) in [5, 5.41) is 12.0. The molecule has 60 heavy (non-hydrogen) atoms. The van der Waals surface area contributed by atoms with Crippen molar-refractivity contribution in [1.82, 2.24) is 0 Å². The van der Waals surface area contributed by atoms with E-state index in [1.165, 1.54) is 71.1 Å². The molecular formula is C58H37NO. The molecule has 0 fully saturated rings. The predicted octanol–water partition coefficient (Wildman–Crippen LogP) is 16.7. The maximum Gasteiger partial charge on any atom is 0.143 e. The Balaban J connectivity index is 0.966. The van der Waals surface area contributed by atoms with Gasteiger partial charge in [0.15, 0.2) is 0 Å². The number of anilines is 3. The Morgan fingerprint density at radius 2 is 0.767 bits per heavy atom. The van der Waals surface area contributed by atoms with Crippen LogP contribution in [0, 0.1) is 0 Å². The second-order valence-corrected chi connectivity index (χ2v) is 15.7. The van der Waals surface area contributed by atoms with Crippen molar-refractivity contribution >= 4 is 82.1 Å². The first-order chi connectivity index (χ1) is 29.7. The topological polar surface area (TPSA) is 16.4 Å². The van der Waals surface area contributed by atoms with Gasteiger partial charge in [0.2, 0.25) is 0 Å². The Hall–Kier alpha value is -7.94. The lowest BCUT2D eigenvalue weighted by molar-refractivity contribution is 0.672. The molecule has 0 N–H and O–H groups in total. The maximum atomic E-state index is 6.69. The summed E-state index contributed by atoms with van der Waals surface area (Å²) in [5.74, 6) is 0. The molecule has 12 rings (SSSR count). The Bertz CT molecular complexity index is 3600. The maximum absolute atomic E-state index is 6.69. The van der Waals surface area contributed by atoms with E-state index >= 15 is 0 Å². The molecule has 1 heterocycles. The van der Waals surface area contributed by atoms with Crippen molar-refractivity contribution in [3.05, 3.63) is 224 Å². The van der Waals surface area contributed by atoms with Gasteiger partial charge in [-0.15, -0.1) is 0 Å². The lowest BCUT2D eigenvalue weighted by Gasteiger charge is -2.26. The Morgan fingerprint density at radius 3 is 1.53 bits per heavy atom. The zero-order chi connectivity index (χ0) is 39.6. The Morgan fingerprint density at radius 1 is 0.283 bits per heavy atom. The lowest BCUT2D eigenvalue weighted by Crippen LogP contribution is -2.10. The minimum Gasteiger partial charge on any atom is -0.455 e. The first-order valence-electron chi connectivity index (χ1n) is 20.6. The van der Waals surface area contributed by atoms with Gasteiger partial charge >= 0.3 is 0 Å². The van der Waals surface area contributed by atoms with Crippen LogP contribution < -0.4 is 4.90 Å². The molecule has 1 aromatic heterocycles. The summed E-state index contributed by atoms with van der Waals surface area (Å²) in [6.07, 6.45) is 0. The van der Waals surface area contributed by atoms with Crippen LogP contribution in [0.1, 0.15) is 0 Å². The highest BCUT2D eigenvalue weighted by molar-refractivity contribution is 6.19. The second-order valence-electron chi connectivity index (χ2n) is 15.7. The molecular weight excluding hydrogens is 727 g/mol. The lowest BCUT2D eigenvalue weighted by atomic mass is 9.97. The molecule has 0 radical (unpaired) electrons. The van der Waals surface area contributed by atoms with Gasteiger partial charge in [-0.3, -0.25) is 0 Å². The average Bonchev–Trinajstić information content (AvgIpc) is 3.72. The number of hydrogen-bond acceptors (Lipinski definition) is 2. The molecule has 0 unspecified atom stereocenters. The second kappa shape index (κ2) is 13.9.